The molecule has 1 fully saturated rings. The van der Waals surface area contributed by atoms with E-state index in [-0.39, 0.29) is 5.91 Å². The lowest BCUT2D eigenvalue weighted by molar-refractivity contribution is 0.0943. The third kappa shape index (κ3) is 1.63. The van der Waals surface area contributed by atoms with Crippen LogP contribution in [0.3, 0.4) is 0 Å². The number of nitrogens with two attached hydrogens (primary N) is 1. The second-order valence-electron chi connectivity index (χ2n) is 3.75. The molecule has 0 bridgehead atoms. The van der Waals surface area contributed by atoms with Gasteiger partial charge in [-0.15, -0.1) is 0 Å². The smallest absolute Gasteiger partial charge is 0.283 e. The van der Waals surface area contributed by atoms with Crippen molar-refractivity contribution in [2.45, 2.75) is 26.3 Å². The number of nitrogens with zero attached hydrogens (tertiary/aromatic N) is 2. The van der Waals surface area contributed by atoms with Crippen molar-refractivity contribution in [2.24, 2.45) is 11.8 Å². The quantitative estimate of drug-likeness (QED) is 0.410. The Bertz CT molecular complexity index is 354. The SMILES string of the molecule is Cc1ncn(CC2CC2)c1C(=O)NN. The number of carbonyl (C=O) groups excluding carboxylic acids is 1. The second kappa shape index (κ2) is 3.42. The largest absolute Gasteiger partial charge is 0.326 e. The van der Waals surface area contributed by atoms with Crippen LogP contribution in [0.5, 0.6) is 0 Å². The lowest BCUT2D eigenvalue weighted by Crippen LogP contribution is -2.32. The van der Waals surface area contributed by atoms with E-state index in [1.807, 2.05) is 11.5 Å². The van der Waals surface area contributed by atoms with Crippen LogP contribution in [-0.4, -0.2) is 15.5 Å². The molecule has 76 valence electrons. The molecule has 0 radical (unpaired) electrons. The van der Waals surface area contributed by atoms with Gasteiger partial charge in [0.15, 0.2) is 0 Å². The van der Waals surface area contributed by atoms with Crippen LogP contribution in [0.1, 0.15) is 29.0 Å². The minimum Gasteiger partial charge on any atom is -0.326 e. The summed E-state index contributed by atoms with van der Waals surface area (Å²) in [6, 6.07) is 0. The monoisotopic (exact) mass is 194 g/mol. The van der Waals surface area contributed by atoms with E-state index in [1.54, 1.807) is 6.33 Å². The highest BCUT2D eigenvalue weighted by molar-refractivity contribution is 5.93. The van der Waals surface area contributed by atoms with Crippen molar-refractivity contribution in [1.82, 2.24) is 15.0 Å². The average molecular weight is 194 g/mol. The summed E-state index contributed by atoms with van der Waals surface area (Å²) < 4.78 is 1.88. The summed E-state index contributed by atoms with van der Waals surface area (Å²) in [5, 5.41) is 0. The molecule has 0 unspecified atom stereocenters. The minimum atomic E-state index is -0.263. The van der Waals surface area contributed by atoms with Crippen LogP contribution in [0.4, 0.5) is 0 Å². The van der Waals surface area contributed by atoms with Gasteiger partial charge in [0.1, 0.15) is 5.69 Å². The molecular weight excluding hydrogens is 180 g/mol. The van der Waals surface area contributed by atoms with Crippen molar-refractivity contribution in [3.63, 3.8) is 0 Å². The number of imidazole rings is 1. The first-order chi connectivity index (χ1) is 6.72. The van der Waals surface area contributed by atoms with Crippen LogP contribution in [0, 0.1) is 12.8 Å². The van der Waals surface area contributed by atoms with Crippen molar-refractivity contribution in [1.29, 1.82) is 0 Å². The number of hydrogen-bond donors (Lipinski definition) is 2. The molecule has 0 aromatic carbocycles. The number of hydrazine groups is 1. The van der Waals surface area contributed by atoms with Gasteiger partial charge in [0.05, 0.1) is 12.0 Å². The van der Waals surface area contributed by atoms with Gasteiger partial charge in [-0.1, -0.05) is 0 Å². The molecule has 5 nitrogen and oxygen atoms in total. The number of hydrogen-bond acceptors (Lipinski definition) is 3. The Morgan fingerprint density at radius 2 is 2.50 bits per heavy atom. The number of nitrogens with one attached hydrogen (secondary N) is 1. The summed E-state index contributed by atoms with van der Waals surface area (Å²) in [7, 11) is 0. The zero-order valence-electron chi connectivity index (χ0n) is 8.16. The highest BCUT2D eigenvalue weighted by Gasteiger charge is 2.24. The molecule has 1 aromatic heterocycles. The van der Waals surface area contributed by atoms with E-state index in [2.05, 4.69) is 10.4 Å². The van der Waals surface area contributed by atoms with Crippen molar-refractivity contribution < 1.29 is 4.79 Å². The Balaban J connectivity index is 2.24. The van der Waals surface area contributed by atoms with Crippen molar-refractivity contribution in [3.8, 4) is 0 Å². The van der Waals surface area contributed by atoms with Gasteiger partial charge in [-0.2, -0.15) is 0 Å². The molecule has 1 amide bonds. The fraction of sp³-hybridized carbons (Fsp3) is 0.556. The first-order valence-electron chi connectivity index (χ1n) is 4.75. The lowest BCUT2D eigenvalue weighted by Gasteiger charge is -2.06. The zero-order chi connectivity index (χ0) is 10.1. The number of rotatable bonds is 3. The van der Waals surface area contributed by atoms with E-state index >= 15 is 0 Å². The number of nitrogen functional groups attached to an aromatic ring is 1. The fourth-order valence-electron chi connectivity index (χ4n) is 1.56. The van der Waals surface area contributed by atoms with Gasteiger partial charge in [-0.3, -0.25) is 10.2 Å². The summed E-state index contributed by atoms with van der Waals surface area (Å²) in [6.07, 6.45) is 4.21. The normalized spacial score (nSPS) is 15.6. The van der Waals surface area contributed by atoms with E-state index in [1.165, 1.54) is 12.8 Å². The summed E-state index contributed by atoms with van der Waals surface area (Å²) in [6.45, 7) is 2.69. The summed E-state index contributed by atoms with van der Waals surface area (Å²) >= 11 is 0. The Hall–Kier alpha value is -1.36. The molecule has 0 saturated heterocycles. The molecule has 1 aliphatic carbocycles. The van der Waals surface area contributed by atoms with Gasteiger partial charge in [0.25, 0.3) is 5.91 Å². The molecule has 0 aliphatic heterocycles. The maximum Gasteiger partial charge on any atom is 0.283 e. The van der Waals surface area contributed by atoms with Crippen molar-refractivity contribution in [3.05, 3.63) is 17.7 Å². The van der Waals surface area contributed by atoms with E-state index in [9.17, 15) is 4.79 Å². The zero-order valence-corrected chi connectivity index (χ0v) is 8.16. The second-order valence-corrected chi connectivity index (χ2v) is 3.75. The van der Waals surface area contributed by atoms with E-state index < -0.39 is 0 Å². The molecule has 1 aromatic rings. The third-order valence-electron chi connectivity index (χ3n) is 2.52. The maximum absolute atomic E-state index is 11.4. The number of aromatic nitrogens is 2. The van der Waals surface area contributed by atoms with Crippen LogP contribution < -0.4 is 11.3 Å². The summed E-state index contributed by atoms with van der Waals surface area (Å²) in [5.74, 6) is 5.56. The van der Waals surface area contributed by atoms with Gasteiger partial charge >= 0.3 is 0 Å². The number of amides is 1. The molecule has 1 aliphatic rings. The molecule has 3 N–H and O–H groups in total. The van der Waals surface area contributed by atoms with Gasteiger partial charge in [0, 0.05) is 6.54 Å². The number of aryl methyl sites for hydroxylation is 1. The lowest BCUT2D eigenvalue weighted by atomic mass is 10.3. The highest BCUT2D eigenvalue weighted by atomic mass is 16.2. The minimum absolute atomic E-state index is 0.263. The molecule has 1 heterocycles. The predicted octanol–water partition coefficient (Wildman–Crippen LogP) is 0.205. The molecule has 0 atom stereocenters. The van der Waals surface area contributed by atoms with Crippen molar-refractivity contribution in [2.75, 3.05) is 0 Å². The van der Waals surface area contributed by atoms with Crippen molar-refractivity contribution >= 4 is 5.91 Å². The molecule has 0 spiro atoms. The van der Waals surface area contributed by atoms with Crippen LogP contribution in [0.2, 0.25) is 0 Å². The van der Waals surface area contributed by atoms with E-state index in [0.717, 1.165) is 12.2 Å². The van der Waals surface area contributed by atoms with E-state index in [4.69, 9.17) is 5.84 Å². The Morgan fingerprint density at radius 3 is 3.07 bits per heavy atom. The molecule has 2 rings (SSSR count). The Morgan fingerprint density at radius 1 is 1.79 bits per heavy atom. The van der Waals surface area contributed by atoms with Crippen LogP contribution in [0.15, 0.2) is 6.33 Å². The molecule has 5 heteroatoms. The average Bonchev–Trinajstić information content (AvgIpc) is 2.90. The topological polar surface area (TPSA) is 72.9 Å². The standard InChI is InChI=1S/C9H14N4O/c1-6-8(9(14)12-10)13(5-11-6)4-7-2-3-7/h5,7H,2-4,10H2,1H3,(H,12,14). The Labute approximate surface area is 82.3 Å². The fourth-order valence-corrected chi connectivity index (χ4v) is 1.56. The maximum atomic E-state index is 11.4. The highest BCUT2D eigenvalue weighted by Crippen LogP contribution is 2.31. The first kappa shape index (κ1) is 9.21. The summed E-state index contributed by atoms with van der Waals surface area (Å²) in [4.78, 5) is 15.5. The third-order valence-corrected chi connectivity index (χ3v) is 2.52. The molecule has 14 heavy (non-hydrogen) atoms. The Kier molecular flexibility index (Phi) is 2.25. The predicted molar refractivity (Wildman–Crippen MR) is 51.3 cm³/mol. The van der Waals surface area contributed by atoms with Crippen LogP contribution in [0.25, 0.3) is 0 Å². The van der Waals surface area contributed by atoms with Gasteiger partial charge < -0.3 is 4.57 Å². The van der Waals surface area contributed by atoms with E-state index in [0.29, 0.717) is 11.6 Å². The molecule has 1 saturated carbocycles. The van der Waals surface area contributed by atoms with Gasteiger partial charge in [-0.05, 0) is 25.7 Å². The van der Waals surface area contributed by atoms with Crippen LogP contribution >= 0.6 is 0 Å². The molecular formula is C9H14N4O. The first-order valence-corrected chi connectivity index (χ1v) is 4.75. The number of carbonyl (C=O) groups is 1. The van der Waals surface area contributed by atoms with Gasteiger partial charge in [-0.25, -0.2) is 10.8 Å². The van der Waals surface area contributed by atoms with Crippen LogP contribution in [-0.2, 0) is 6.54 Å². The summed E-state index contributed by atoms with van der Waals surface area (Å²) in [5.41, 5.74) is 3.46. The van der Waals surface area contributed by atoms with Gasteiger partial charge in [0.2, 0.25) is 0 Å².